The van der Waals surface area contributed by atoms with Gasteiger partial charge in [-0.2, -0.15) is 10.3 Å². The van der Waals surface area contributed by atoms with Crippen LogP contribution < -0.4 is 0 Å². The fraction of sp³-hybridized carbons (Fsp3) is 0.611. The monoisotopic (exact) mass is 464 g/mol. The van der Waals surface area contributed by atoms with Crippen molar-refractivity contribution in [1.29, 1.82) is 5.26 Å². The summed E-state index contributed by atoms with van der Waals surface area (Å²) in [7, 11) is 1.87. The topological polar surface area (TPSA) is 78.6 Å². The highest BCUT2D eigenvalue weighted by molar-refractivity contribution is 8.89. The van der Waals surface area contributed by atoms with Crippen LogP contribution in [-0.2, 0) is 15.6 Å². The molecule has 1 heterocycles. The van der Waals surface area contributed by atoms with Crippen molar-refractivity contribution in [3.05, 3.63) is 29.0 Å². The first-order valence-electron chi connectivity index (χ1n) is 9.10. The number of nitriles is 1. The zero-order valence-corrected chi connectivity index (χ0v) is 20.5. The summed E-state index contributed by atoms with van der Waals surface area (Å²) in [5.74, 6) is 0.104. The summed E-state index contributed by atoms with van der Waals surface area (Å²) < 4.78 is 17.3. The van der Waals surface area contributed by atoms with Gasteiger partial charge in [0, 0.05) is 31.3 Å². The van der Waals surface area contributed by atoms with E-state index in [0.29, 0.717) is 24.1 Å². The second kappa shape index (κ2) is 16.1. The maximum Gasteiger partial charge on any atom is 0.313 e. The van der Waals surface area contributed by atoms with Crippen molar-refractivity contribution in [2.45, 2.75) is 47.1 Å². The quantitative estimate of drug-likeness (QED) is 0.129. The number of nitrogens with zero attached hydrogens (tertiary/aromatic N) is 4. The molecule has 0 saturated heterocycles. The summed E-state index contributed by atoms with van der Waals surface area (Å²) in [5.41, 5.74) is 1.02. The molecule has 0 fully saturated rings. The van der Waals surface area contributed by atoms with E-state index < -0.39 is 5.77 Å². The fourth-order valence-electron chi connectivity index (χ4n) is 1.72. The van der Waals surface area contributed by atoms with Crippen molar-refractivity contribution in [3.8, 4) is 6.19 Å². The van der Waals surface area contributed by atoms with E-state index in [1.807, 2.05) is 24.9 Å². The molecule has 6 nitrogen and oxygen atoms in total. The number of pyridine rings is 1. The van der Waals surface area contributed by atoms with Crippen LogP contribution in [0.5, 0.6) is 0 Å². The van der Waals surface area contributed by atoms with Crippen LogP contribution in [0.15, 0.2) is 23.3 Å². The molecule has 0 spiro atoms. The molecule has 0 aliphatic heterocycles. The summed E-state index contributed by atoms with van der Waals surface area (Å²) in [6.07, 6.45) is 5.56. The molecule has 0 bridgehead atoms. The van der Waals surface area contributed by atoms with E-state index in [1.165, 1.54) is 22.8 Å². The Morgan fingerprint density at radius 2 is 1.93 bits per heavy atom. The Labute approximate surface area is 182 Å². The van der Waals surface area contributed by atoms with Crippen molar-refractivity contribution in [3.63, 3.8) is 0 Å². The van der Waals surface area contributed by atoms with E-state index in [0.717, 1.165) is 29.9 Å². The van der Waals surface area contributed by atoms with Crippen LogP contribution >= 0.6 is 40.1 Å². The van der Waals surface area contributed by atoms with Gasteiger partial charge in [0.1, 0.15) is 11.0 Å². The molecule has 0 unspecified atom stereocenters. The Bertz CT molecular complexity index is 657. The zero-order valence-electron chi connectivity index (χ0n) is 17.2. The van der Waals surface area contributed by atoms with Gasteiger partial charge in [0.15, 0.2) is 0 Å². The Hall–Kier alpha value is -0.710. The lowest BCUT2D eigenvalue weighted by Crippen LogP contribution is -2.23. The Balaban J connectivity index is 0.000000528. The molecule has 0 aliphatic carbocycles. The summed E-state index contributed by atoms with van der Waals surface area (Å²) >= 11 is 8.64. The normalized spacial score (nSPS) is 11.4. The average Bonchev–Trinajstić information content (AvgIpc) is 2.67. The molecular weight excluding hydrogens is 435 g/mol. The molecule has 1 rings (SSSR count). The second-order valence-corrected chi connectivity index (χ2v) is 13.6. The molecule has 158 valence electrons. The predicted octanol–water partition coefficient (Wildman–Crippen LogP) is 6.48. The third-order valence-corrected chi connectivity index (χ3v) is 11.3. The van der Waals surface area contributed by atoms with E-state index >= 15 is 0 Å². The number of hydrogen-bond donors (Lipinski definition) is 0. The van der Waals surface area contributed by atoms with E-state index in [4.69, 9.17) is 21.4 Å². The lowest BCUT2D eigenvalue weighted by molar-refractivity contribution is 0.357. The third kappa shape index (κ3) is 12.7. The molecule has 0 atom stereocenters. The summed E-state index contributed by atoms with van der Waals surface area (Å²) in [4.78, 5) is 9.48. The van der Waals surface area contributed by atoms with Crippen LogP contribution in [-0.4, -0.2) is 40.9 Å². The van der Waals surface area contributed by atoms with Gasteiger partial charge in [-0.05, 0) is 38.3 Å². The Morgan fingerprint density at radius 1 is 1.32 bits per heavy atom. The van der Waals surface area contributed by atoms with Crippen LogP contribution in [0.1, 0.15) is 46.1 Å². The van der Waals surface area contributed by atoms with E-state index in [9.17, 15) is 4.57 Å². The first-order valence-corrected chi connectivity index (χ1v) is 14.3. The van der Waals surface area contributed by atoms with Crippen LogP contribution in [0.4, 0.5) is 0 Å². The minimum atomic E-state index is -2.42. The number of aliphatic imine (C=N–C) groups is 1. The maximum atomic E-state index is 12.0. The van der Waals surface area contributed by atoms with Gasteiger partial charge in [-0.3, -0.25) is 4.57 Å². The number of halogens is 1. The lowest BCUT2D eigenvalue weighted by atomic mass is 10.3. The van der Waals surface area contributed by atoms with Crippen LogP contribution in [0.3, 0.4) is 0 Å². The number of hydrogen-bond acceptors (Lipinski definition) is 7. The third-order valence-electron chi connectivity index (χ3n) is 3.17. The highest BCUT2D eigenvalue weighted by atomic mass is 35.5. The molecule has 10 heteroatoms. The molecule has 1 aromatic rings. The van der Waals surface area contributed by atoms with Crippen LogP contribution in [0.25, 0.3) is 0 Å². The first-order chi connectivity index (χ1) is 13.3. The van der Waals surface area contributed by atoms with Gasteiger partial charge >= 0.3 is 5.77 Å². The van der Waals surface area contributed by atoms with Crippen molar-refractivity contribution >= 4 is 46.0 Å². The molecule has 0 aromatic carbocycles. The molecule has 1 aromatic heterocycles. The number of aromatic nitrogens is 1. The number of rotatable bonds is 10. The zero-order chi connectivity index (χ0) is 21.4. The molecule has 0 radical (unpaired) electrons. The molecule has 0 saturated carbocycles. The highest BCUT2D eigenvalue weighted by Gasteiger charge is 2.22. The molecule has 0 aliphatic rings. The first kappa shape index (κ1) is 27.3. The van der Waals surface area contributed by atoms with Crippen LogP contribution in [0, 0.1) is 11.5 Å². The lowest BCUT2D eigenvalue weighted by Gasteiger charge is -2.17. The minimum absolute atomic E-state index is 0.476. The Morgan fingerprint density at radius 3 is 2.36 bits per heavy atom. The number of amidine groups is 1. The Kier molecular flexibility index (Phi) is 15.7. The molecule has 28 heavy (non-hydrogen) atoms. The summed E-state index contributed by atoms with van der Waals surface area (Å²) in [6.45, 7) is 9.06. The van der Waals surface area contributed by atoms with Gasteiger partial charge in [0.05, 0.1) is 6.61 Å². The van der Waals surface area contributed by atoms with Crippen LogP contribution in [0.2, 0.25) is 5.15 Å². The predicted molar refractivity (Wildman–Crippen MR) is 124 cm³/mol. The largest absolute Gasteiger partial charge is 0.358 e. The van der Waals surface area contributed by atoms with Gasteiger partial charge in [0.25, 0.3) is 0 Å². The highest BCUT2D eigenvalue weighted by Crippen LogP contribution is 2.69. The maximum absolute atomic E-state index is 12.0. The summed E-state index contributed by atoms with van der Waals surface area (Å²) in [6, 6.07) is 3.63. The standard InChI is InChI=1S/C10H11ClN4.C8H19O2PS2/c1-8(14-7-12)15(2)6-9-3-4-10(11)13-5-9;1-4-7-12-11(9,10-6-3)13-8-5-2/h3-5H,6H2,1-2H3;4-8H2,1-3H3/b14-8+;. The van der Waals surface area contributed by atoms with Crippen molar-refractivity contribution in [2.24, 2.45) is 4.99 Å². The second-order valence-electron chi connectivity index (χ2n) is 5.64. The molecular formula is C18H30ClN4O2PS2. The SMILES string of the molecule is C/C(=N\C#N)N(C)Cc1ccc(Cl)nc1.CCCSP(=O)(OCC)SCCC. The van der Waals surface area contributed by atoms with Crippen molar-refractivity contribution in [2.75, 3.05) is 25.2 Å². The van der Waals surface area contributed by atoms with Gasteiger partial charge in [-0.25, -0.2) is 4.98 Å². The van der Waals surface area contributed by atoms with Crippen molar-refractivity contribution < 1.29 is 9.09 Å². The smallest absolute Gasteiger partial charge is 0.313 e. The van der Waals surface area contributed by atoms with E-state index in [2.05, 4.69) is 23.8 Å². The van der Waals surface area contributed by atoms with Gasteiger partial charge < -0.3 is 9.42 Å². The average molecular weight is 465 g/mol. The molecule has 0 amide bonds. The van der Waals surface area contributed by atoms with Crippen molar-refractivity contribution in [1.82, 2.24) is 9.88 Å². The summed E-state index contributed by atoms with van der Waals surface area (Å²) in [5, 5.41) is 8.87. The van der Waals surface area contributed by atoms with Gasteiger partial charge in [-0.15, -0.1) is 0 Å². The van der Waals surface area contributed by atoms with Gasteiger partial charge in [-0.1, -0.05) is 54.3 Å². The molecule has 0 N–H and O–H groups in total. The minimum Gasteiger partial charge on any atom is -0.358 e. The van der Waals surface area contributed by atoms with E-state index in [1.54, 1.807) is 25.4 Å². The fourth-order valence-corrected chi connectivity index (χ4v) is 8.94. The van der Waals surface area contributed by atoms with E-state index in [-0.39, 0.29) is 0 Å². The van der Waals surface area contributed by atoms with Gasteiger partial charge in [0.2, 0.25) is 6.19 Å².